The molecule has 0 saturated carbocycles. The molecule has 3 nitrogen and oxygen atoms in total. The maximum atomic E-state index is 11.6. The summed E-state index contributed by atoms with van der Waals surface area (Å²) in [5.41, 5.74) is 1.03. The van der Waals surface area contributed by atoms with Crippen LogP contribution in [-0.4, -0.2) is 25.2 Å². The molecule has 0 spiro atoms. The smallest absolute Gasteiger partial charge is 0.244 e. The number of hydrogen-bond acceptors (Lipinski definition) is 2. The zero-order chi connectivity index (χ0) is 11.9. The third kappa shape index (κ3) is 4.04. The topological polar surface area (TPSA) is 38.3 Å². The number of nitrogens with one attached hydrogen (secondary N) is 1. The third-order valence-corrected chi connectivity index (χ3v) is 2.73. The van der Waals surface area contributed by atoms with Gasteiger partial charge in [0.1, 0.15) is 0 Å². The largest absolute Gasteiger partial charge is 0.379 e. The van der Waals surface area contributed by atoms with E-state index in [2.05, 4.69) is 5.32 Å². The predicted octanol–water partition coefficient (Wildman–Crippen LogP) is 2.00. The van der Waals surface area contributed by atoms with Crippen LogP contribution in [-0.2, 0) is 9.53 Å². The summed E-state index contributed by atoms with van der Waals surface area (Å²) in [5, 5.41) is 2.94. The van der Waals surface area contributed by atoms with Crippen molar-refractivity contribution in [2.75, 3.05) is 13.2 Å². The van der Waals surface area contributed by atoms with E-state index in [1.165, 1.54) is 0 Å². The number of amides is 1. The molecule has 1 atom stereocenters. The lowest BCUT2D eigenvalue weighted by Gasteiger charge is -2.22. The molecule has 0 bridgehead atoms. The van der Waals surface area contributed by atoms with E-state index in [0.717, 1.165) is 25.0 Å². The number of benzene rings is 1. The van der Waals surface area contributed by atoms with Gasteiger partial charge in [-0.25, -0.2) is 0 Å². The van der Waals surface area contributed by atoms with Crippen LogP contribution in [0, 0.1) is 0 Å². The first-order valence-corrected chi connectivity index (χ1v) is 5.96. The zero-order valence-electron chi connectivity index (χ0n) is 9.76. The van der Waals surface area contributed by atoms with Gasteiger partial charge in [-0.15, -0.1) is 0 Å². The minimum atomic E-state index is -0.0515. The fourth-order valence-corrected chi connectivity index (χ4v) is 1.84. The first kappa shape index (κ1) is 11.9. The standard InChI is InChI=1S/C14H17NO2/c16-14(15-13-7-4-10-17-11-13)9-8-12-5-2-1-3-6-12/h1-3,5-6,8-9,13H,4,7,10-11H2,(H,15,16)/t13-/m1/s1. The Morgan fingerprint density at radius 1 is 1.35 bits per heavy atom. The number of hydrogen-bond donors (Lipinski definition) is 1. The molecule has 0 aliphatic carbocycles. The van der Waals surface area contributed by atoms with Crippen LogP contribution in [0.3, 0.4) is 0 Å². The maximum absolute atomic E-state index is 11.6. The molecular weight excluding hydrogens is 214 g/mol. The highest BCUT2D eigenvalue weighted by molar-refractivity contribution is 5.91. The predicted molar refractivity (Wildman–Crippen MR) is 67.5 cm³/mol. The second-order valence-electron chi connectivity index (χ2n) is 4.17. The molecule has 1 aliphatic heterocycles. The van der Waals surface area contributed by atoms with E-state index in [-0.39, 0.29) is 11.9 Å². The minimum Gasteiger partial charge on any atom is -0.379 e. The average molecular weight is 231 g/mol. The highest BCUT2D eigenvalue weighted by atomic mass is 16.5. The van der Waals surface area contributed by atoms with Gasteiger partial charge in [-0.05, 0) is 24.5 Å². The van der Waals surface area contributed by atoms with Gasteiger partial charge >= 0.3 is 0 Å². The molecule has 1 aromatic carbocycles. The Bertz CT molecular complexity index is 380. The van der Waals surface area contributed by atoms with Crippen molar-refractivity contribution in [3.05, 3.63) is 42.0 Å². The van der Waals surface area contributed by atoms with Gasteiger partial charge in [0.25, 0.3) is 0 Å². The van der Waals surface area contributed by atoms with Crippen LogP contribution in [0.2, 0.25) is 0 Å². The van der Waals surface area contributed by atoms with Crippen LogP contribution in [0.4, 0.5) is 0 Å². The molecule has 1 heterocycles. The maximum Gasteiger partial charge on any atom is 0.244 e. The molecule has 3 heteroatoms. The van der Waals surface area contributed by atoms with E-state index in [1.54, 1.807) is 6.08 Å². The van der Waals surface area contributed by atoms with Gasteiger partial charge in [0, 0.05) is 12.7 Å². The summed E-state index contributed by atoms with van der Waals surface area (Å²) in [6.07, 6.45) is 5.42. The van der Waals surface area contributed by atoms with E-state index >= 15 is 0 Å². The fourth-order valence-electron chi connectivity index (χ4n) is 1.84. The van der Waals surface area contributed by atoms with Crippen LogP contribution in [0.15, 0.2) is 36.4 Å². The monoisotopic (exact) mass is 231 g/mol. The highest BCUT2D eigenvalue weighted by Crippen LogP contribution is 2.06. The molecule has 2 rings (SSSR count). The molecule has 1 fully saturated rings. The van der Waals surface area contributed by atoms with E-state index in [1.807, 2.05) is 36.4 Å². The summed E-state index contributed by atoms with van der Waals surface area (Å²) in [7, 11) is 0. The molecule has 0 aromatic heterocycles. The lowest BCUT2D eigenvalue weighted by atomic mass is 10.1. The van der Waals surface area contributed by atoms with E-state index in [0.29, 0.717) is 6.61 Å². The van der Waals surface area contributed by atoms with E-state index in [4.69, 9.17) is 4.74 Å². The van der Waals surface area contributed by atoms with Gasteiger partial charge < -0.3 is 10.1 Å². The van der Waals surface area contributed by atoms with Crippen molar-refractivity contribution >= 4 is 12.0 Å². The Labute approximate surface area is 101 Å². The number of carbonyl (C=O) groups excluding carboxylic acids is 1. The Morgan fingerprint density at radius 3 is 2.88 bits per heavy atom. The SMILES string of the molecule is O=C(C=Cc1ccccc1)N[C@@H]1CCCOC1. The summed E-state index contributed by atoms with van der Waals surface area (Å²) in [5.74, 6) is -0.0515. The summed E-state index contributed by atoms with van der Waals surface area (Å²) in [6, 6.07) is 9.95. The van der Waals surface area contributed by atoms with E-state index in [9.17, 15) is 4.79 Å². The van der Waals surface area contributed by atoms with Crippen molar-refractivity contribution in [3.8, 4) is 0 Å². The summed E-state index contributed by atoms with van der Waals surface area (Å²) in [6.45, 7) is 1.44. The lowest BCUT2D eigenvalue weighted by Crippen LogP contribution is -2.39. The number of carbonyl (C=O) groups is 1. The van der Waals surface area contributed by atoms with Crippen molar-refractivity contribution in [1.82, 2.24) is 5.32 Å². The van der Waals surface area contributed by atoms with Crippen LogP contribution in [0.5, 0.6) is 0 Å². The van der Waals surface area contributed by atoms with Crippen LogP contribution >= 0.6 is 0 Å². The molecule has 1 aliphatic rings. The molecule has 1 N–H and O–H groups in total. The van der Waals surface area contributed by atoms with Crippen molar-refractivity contribution < 1.29 is 9.53 Å². The molecule has 1 saturated heterocycles. The van der Waals surface area contributed by atoms with Gasteiger partial charge in [-0.3, -0.25) is 4.79 Å². The number of ether oxygens (including phenoxy) is 1. The van der Waals surface area contributed by atoms with Crippen molar-refractivity contribution in [2.45, 2.75) is 18.9 Å². The first-order chi connectivity index (χ1) is 8.34. The Hall–Kier alpha value is -1.61. The quantitative estimate of drug-likeness (QED) is 0.808. The molecule has 90 valence electrons. The van der Waals surface area contributed by atoms with Gasteiger partial charge in [0.2, 0.25) is 5.91 Å². The third-order valence-electron chi connectivity index (χ3n) is 2.73. The second-order valence-corrected chi connectivity index (χ2v) is 4.17. The van der Waals surface area contributed by atoms with Crippen molar-refractivity contribution in [1.29, 1.82) is 0 Å². The van der Waals surface area contributed by atoms with Crippen molar-refractivity contribution in [2.24, 2.45) is 0 Å². The lowest BCUT2D eigenvalue weighted by molar-refractivity contribution is -0.118. The molecule has 1 aromatic rings. The number of rotatable bonds is 3. The van der Waals surface area contributed by atoms with Crippen LogP contribution in [0.1, 0.15) is 18.4 Å². The highest BCUT2D eigenvalue weighted by Gasteiger charge is 2.14. The van der Waals surface area contributed by atoms with Gasteiger partial charge in [-0.2, -0.15) is 0 Å². The molecule has 0 unspecified atom stereocenters. The second kappa shape index (κ2) is 6.21. The Kier molecular flexibility index (Phi) is 4.33. The van der Waals surface area contributed by atoms with Gasteiger partial charge in [0.05, 0.1) is 12.6 Å². The molecule has 0 radical (unpaired) electrons. The summed E-state index contributed by atoms with van der Waals surface area (Å²) >= 11 is 0. The van der Waals surface area contributed by atoms with Crippen LogP contribution in [0.25, 0.3) is 6.08 Å². The molecule has 1 amide bonds. The molecular formula is C14H17NO2. The average Bonchev–Trinajstić information content (AvgIpc) is 2.39. The van der Waals surface area contributed by atoms with Gasteiger partial charge in [0.15, 0.2) is 0 Å². The van der Waals surface area contributed by atoms with Crippen molar-refractivity contribution in [3.63, 3.8) is 0 Å². The normalized spacial score (nSPS) is 20.4. The van der Waals surface area contributed by atoms with Crippen LogP contribution < -0.4 is 5.32 Å². The molecule has 17 heavy (non-hydrogen) atoms. The summed E-state index contributed by atoms with van der Waals surface area (Å²) < 4.78 is 5.31. The minimum absolute atomic E-state index is 0.0515. The van der Waals surface area contributed by atoms with Gasteiger partial charge in [-0.1, -0.05) is 30.3 Å². The fraction of sp³-hybridized carbons (Fsp3) is 0.357. The zero-order valence-corrected chi connectivity index (χ0v) is 9.76. The first-order valence-electron chi connectivity index (χ1n) is 5.96. The summed E-state index contributed by atoms with van der Waals surface area (Å²) in [4.78, 5) is 11.6. The van der Waals surface area contributed by atoms with E-state index < -0.39 is 0 Å². The Balaban J connectivity index is 1.82. The Morgan fingerprint density at radius 2 is 2.18 bits per heavy atom.